The summed E-state index contributed by atoms with van der Waals surface area (Å²) in [6.45, 7) is 0.771. The van der Waals surface area contributed by atoms with Crippen LogP contribution in [0.3, 0.4) is 0 Å². The number of hydrogen-bond donors (Lipinski definition) is 0. The molecule has 1 spiro atoms. The van der Waals surface area contributed by atoms with Gasteiger partial charge >= 0.3 is 6.18 Å². The highest BCUT2D eigenvalue weighted by molar-refractivity contribution is 5.99. The molecule has 2 aliphatic rings. The highest BCUT2D eigenvalue weighted by Gasteiger charge is 2.49. The Morgan fingerprint density at radius 3 is 2.29 bits per heavy atom. The fourth-order valence-corrected chi connectivity index (χ4v) is 4.56. The zero-order valence-corrected chi connectivity index (χ0v) is 17.7. The number of halogens is 5. The summed E-state index contributed by atoms with van der Waals surface area (Å²) in [6.07, 6.45) is -0.649. The van der Waals surface area contributed by atoms with Crippen molar-refractivity contribution in [1.82, 2.24) is 29.7 Å². The number of alkyl halides is 5. The largest absolute Gasteiger partial charge is 0.451 e. The van der Waals surface area contributed by atoms with Crippen molar-refractivity contribution >= 4 is 28.6 Å². The van der Waals surface area contributed by atoms with Crippen LogP contribution in [-0.2, 0) is 17.5 Å². The van der Waals surface area contributed by atoms with E-state index in [0.717, 1.165) is 17.1 Å². The van der Waals surface area contributed by atoms with Gasteiger partial charge in [0.2, 0.25) is 11.7 Å². The number of piperidine rings is 1. The van der Waals surface area contributed by atoms with Crippen LogP contribution in [0, 0.1) is 5.41 Å². The first-order valence-electron chi connectivity index (χ1n) is 10.6. The molecule has 0 saturated carbocycles. The Morgan fingerprint density at radius 1 is 0.971 bits per heavy atom. The van der Waals surface area contributed by atoms with Gasteiger partial charge in [0.25, 0.3) is 6.43 Å². The smallest absolute Gasteiger partial charge is 0.355 e. The first-order chi connectivity index (χ1) is 16.2. The maximum Gasteiger partial charge on any atom is 0.451 e. The summed E-state index contributed by atoms with van der Waals surface area (Å²) in [6, 6.07) is 0. The molecule has 0 aliphatic carbocycles. The molecule has 0 N–H and O–H groups in total. The molecule has 14 heteroatoms. The van der Waals surface area contributed by atoms with Crippen LogP contribution in [0.2, 0.25) is 0 Å². The molecule has 2 saturated heterocycles. The number of fused-ring (bicyclic) bond motifs is 1. The number of nitrogens with zero attached hydrogens (tertiary/aromatic N) is 8. The van der Waals surface area contributed by atoms with Gasteiger partial charge in [0, 0.05) is 19.6 Å². The Kier molecular flexibility index (Phi) is 5.32. The highest BCUT2D eigenvalue weighted by Crippen LogP contribution is 2.43. The summed E-state index contributed by atoms with van der Waals surface area (Å²) in [5.74, 6) is -0.900. The monoisotopic (exact) mass is 482 g/mol. The molecule has 2 fully saturated rings. The first kappa shape index (κ1) is 22.3. The van der Waals surface area contributed by atoms with Gasteiger partial charge in [-0.15, -0.1) is 0 Å². The molecule has 0 atom stereocenters. The van der Waals surface area contributed by atoms with Gasteiger partial charge in [-0.05, 0) is 19.3 Å². The van der Waals surface area contributed by atoms with Gasteiger partial charge in [0.05, 0.1) is 35.9 Å². The zero-order chi connectivity index (χ0) is 24.1. The fraction of sp³-hybridized carbons (Fsp3) is 0.500. The van der Waals surface area contributed by atoms with E-state index < -0.39 is 30.4 Å². The quantitative estimate of drug-likeness (QED) is 0.528. The molecule has 1 amide bonds. The standard InChI is InChI=1S/C20H19F5N8O/c21-14(22)11-33-16-13(9-29-33)26-10-15(30-16)31-4-1-19(2-5-31)3-6-32(18(19)34)12-7-27-17(28-8-12)20(23,24)25/h7-10,14H,1-6,11H2. The van der Waals surface area contributed by atoms with Crippen molar-refractivity contribution in [2.45, 2.75) is 38.4 Å². The van der Waals surface area contributed by atoms with Crippen molar-refractivity contribution in [2.24, 2.45) is 5.41 Å². The summed E-state index contributed by atoms with van der Waals surface area (Å²) < 4.78 is 64.9. The van der Waals surface area contributed by atoms with E-state index in [2.05, 4.69) is 25.0 Å². The lowest BCUT2D eigenvalue weighted by Gasteiger charge is -2.38. The number of hydrogen-bond acceptors (Lipinski definition) is 7. The number of carbonyl (C=O) groups excluding carboxylic acids is 1. The van der Waals surface area contributed by atoms with Gasteiger partial charge in [0.15, 0.2) is 5.65 Å². The fourth-order valence-electron chi connectivity index (χ4n) is 4.56. The Bertz CT molecular complexity index is 1200. The van der Waals surface area contributed by atoms with Crippen LogP contribution >= 0.6 is 0 Å². The average molecular weight is 482 g/mol. The van der Waals surface area contributed by atoms with E-state index >= 15 is 0 Å². The maximum absolute atomic E-state index is 13.2. The van der Waals surface area contributed by atoms with Crippen LogP contribution in [0.15, 0.2) is 24.8 Å². The van der Waals surface area contributed by atoms with Gasteiger partial charge in [-0.3, -0.25) is 4.79 Å². The van der Waals surface area contributed by atoms with E-state index in [1.807, 2.05) is 4.90 Å². The Morgan fingerprint density at radius 2 is 1.65 bits per heavy atom. The Labute approximate surface area is 189 Å². The molecule has 0 unspecified atom stereocenters. The molecule has 0 bridgehead atoms. The third-order valence-electron chi connectivity index (χ3n) is 6.40. The third-order valence-corrected chi connectivity index (χ3v) is 6.40. The summed E-state index contributed by atoms with van der Waals surface area (Å²) in [7, 11) is 0. The van der Waals surface area contributed by atoms with Gasteiger partial charge in [0.1, 0.15) is 17.9 Å². The van der Waals surface area contributed by atoms with Crippen molar-refractivity contribution in [1.29, 1.82) is 0 Å². The van der Waals surface area contributed by atoms with Gasteiger partial charge in [-0.25, -0.2) is 33.4 Å². The predicted molar refractivity (Wildman–Crippen MR) is 109 cm³/mol. The number of aromatic nitrogens is 6. The Balaban J connectivity index is 1.29. The van der Waals surface area contributed by atoms with E-state index in [9.17, 15) is 26.7 Å². The average Bonchev–Trinajstić information content (AvgIpc) is 3.34. The first-order valence-corrected chi connectivity index (χ1v) is 10.6. The van der Waals surface area contributed by atoms with Crippen molar-refractivity contribution in [3.8, 4) is 0 Å². The molecule has 0 radical (unpaired) electrons. The van der Waals surface area contributed by atoms with E-state index in [0.29, 0.717) is 50.2 Å². The van der Waals surface area contributed by atoms with Crippen LogP contribution in [0.4, 0.5) is 33.5 Å². The molecule has 180 valence electrons. The number of carbonyl (C=O) groups is 1. The summed E-state index contributed by atoms with van der Waals surface area (Å²) >= 11 is 0. The third kappa shape index (κ3) is 3.90. The van der Waals surface area contributed by atoms with Crippen LogP contribution in [-0.4, -0.2) is 61.7 Å². The lowest BCUT2D eigenvalue weighted by molar-refractivity contribution is -0.144. The molecule has 3 aromatic rings. The molecular weight excluding hydrogens is 463 g/mol. The van der Waals surface area contributed by atoms with Crippen molar-refractivity contribution in [3.05, 3.63) is 30.6 Å². The molecule has 5 heterocycles. The minimum Gasteiger partial charge on any atom is -0.355 e. The second kappa shape index (κ2) is 8.09. The second-order valence-corrected chi connectivity index (χ2v) is 8.39. The van der Waals surface area contributed by atoms with Gasteiger partial charge < -0.3 is 9.80 Å². The van der Waals surface area contributed by atoms with Gasteiger partial charge in [-0.2, -0.15) is 18.3 Å². The van der Waals surface area contributed by atoms with Crippen LogP contribution < -0.4 is 9.80 Å². The maximum atomic E-state index is 13.2. The molecule has 2 aliphatic heterocycles. The second-order valence-electron chi connectivity index (χ2n) is 8.39. The molecule has 34 heavy (non-hydrogen) atoms. The molecule has 3 aromatic heterocycles. The van der Waals surface area contributed by atoms with Crippen molar-refractivity contribution in [2.75, 3.05) is 29.4 Å². The van der Waals surface area contributed by atoms with Crippen LogP contribution in [0.5, 0.6) is 0 Å². The Hall–Kier alpha value is -3.45. The normalized spacial score (nSPS) is 18.6. The molecule has 5 rings (SSSR count). The predicted octanol–water partition coefficient (Wildman–Crippen LogP) is 2.92. The molecular formula is C20H19F5N8O. The number of anilines is 2. The van der Waals surface area contributed by atoms with E-state index in [1.165, 1.54) is 11.1 Å². The minimum absolute atomic E-state index is 0.160. The van der Waals surface area contributed by atoms with Crippen molar-refractivity contribution < 1.29 is 26.7 Å². The summed E-state index contributed by atoms with van der Waals surface area (Å²) in [4.78, 5) is 32.0. The molecule has 0 aromatic carbocycles. The van der Waals surface area contributed by atoms with Crippen LogP contribution in [0.25, 0.3) is 11.2 Å². The SMILES string of the molecule is O=C1N(c2cnc(C(F)(F)F)nc2)CCC12CCN(c1cnc3cnn(CC(F)F)c3n1)CC2. The van der Waals surface area contributed by atoms with E-state index in [4.69, 9.17) is 0 Å². The van der Waals surface area contributed by atoms with Crippen molar-refractivity contribution in [3.63, 3.8) is 0 Å². The summed E-state index contributed by atoms with van der Waals surface area (Å²) in [5.41, 5.74) is 0.288. The minimum atomic E-state index is -4.65. The lowest BCUT2D eigenvalue weighted by atomic mass is 9.77. The summed E-state index contributed by atoms with van der Waals surface area (Å²) in [5, 5.41) is 3.92. The number of amides is 1. The van der Waals surface area contributed by atoms with Crippen LogP contribution in [0.1, 0.15) is 25.1 Å². The zero-order valence-electron chi connectivity index (χ0n) is 17.7. The number of rotatable bonds is 4. The highest BCUT2D eigenvalue weighted by atomic mass is 19.4. The van der Waals surface area contributed by atoms with E-state index in [1.54, 1.807) is 6.20 Å². The molecule has 9 nitrogen and oxygen atoms in total. The topological polar surface area (TPSA) is 92.9 Å². The van der Waals surface area contributed by atoms with E-state index in [-0.39, 0.29) is 17.2 Å². The van der Waals surface area contributed by atoms with Gasteiger partial charge in [-0.1, -0.05) is 0 Å². The lowest BCUT2D eigenvalue weighted by Crippen LogP contribution is -2.45.